The van der Waals surface area contributed by atoms with Crippen molar-refractivity contribution in [2.45, 2.75) is 108 Å². The number of ether oxygens (including phenoxy) is 3. The minimum atomic E-state index is -3.89. The van der Waals surface area contributed by atoms with Gasteiger partial charge in [0.15, 0.2) is 5.78 Å². The molecule has 0 spiro atoms. The third-order valence-electron chi connectivity index (χ3n) is 8.01. The Bertz CT molecular complexity index is 1280. The van der Waals surface area contributed by atoms with E-state index in [1.165, 1.54) is 108 Å². The highest BCUT2D eigenvalue weighted by atomic mass is 32.2. The number of sulfonamides is 1. The molecule has 2 aromatic rings. The topological polar surface area (TPSA) is 111 Å². The number of nitrogens with one attached hydrogen (secondary N) is 1. The number of hydrogen-bond donors (Lipinski definition) is 1. The van der Waals surface area contributed by atoms with Gasteiger partial charge in [0.25, 0.3) is 0 Å². The third-order valence-corrected chi connectivity index (χ3v) is 9.89. The van der Waals surface area contributed by atoms with E-state index in [1.807, 2.05) is 0 Å². The minimum absolute atomic E-state index is 0.0537. The van der Waals surface area contributed by atoms with Crippen molar-refractivity contribution >= 4 is 27.4 Å². The van der Waals surface area contributed by atoms with Crippen LogP contribution in [0, 0.1) is 0 Å². The molecule has 0 fully saturated rings. The van der Waals surface area contributed by atoms with Gasteiger partial charge in [-0.1, -0.05) is 90.4 Å². The summed E-state index contributed by atoms with van der Waals surface area (Å²) in [6.45, 7) is 2.64. The number of Topliss-reactive ketones (excluding diaryl/α,β-unsaturated/α-hetero) is 1. The van der Waals surface area contributed by atoms with Gasteiger partial charge in [-0.05, 0) is 30.7 Å². The summed E-state index contributed by atoms with van der Waals surface area (Å²) in [5.74, 6) is -0.120. The lowest BCUT2D eigenvalue weighted by Gasteiger charge is -2.21. The van der Waals surface area contributed by atoms with Crippen molar-refractivity contribution in [2.24, 2.45) is 0 Å². The second-order valence-corrected chi connectivity index (χ2v) is 13.5. The van der Waals surface area contributed by atoms with Crippen molar-refractivity contribution < 1.29 is 32.2 Å². The Morgan fingerprint density at radius 3 is 1.71 bits per heavy atom. The molecule has 1 amide bonds. The molecule has 0 saturated heterocycles. The Morgan fingerprint density at radius 1 is 0.711 bits per heavy atom. The van der Waals surface area contributed by atoms with Crippen LogP contribution >= 0.6 is 0 Å². The van der Waals surface area contributed by atoms with Gasteiger partial charge in [0.1, 0.15) is 22.1 Å². The Kier molecular flexibility index (Phi) is 17.6. The second kappa shape index (κ2) is 20.8. The highest BCUT2D eigenvalue weighted by molar-refractivity contribution is 7.89. The smallest absolute Gasteiger partial charge is 0.246 e. The molecule has 45 heavy (non-hydrogen) atoms. The molecular weight excluding hydrogens is 592 g/mol. The van der Waals surface area contributed by atoms with E-state index in [0.717, 1.165) is 19.3 Å². The van der Waals surface area contributed by atoms with Crippen LogP contribution in [0.2, 0.25) is 0 Å². The number of ketones is 1. The molecule has 2 aromatic carbocycles. The highest BCUT2D eigenvalue weighted by Gasteiger charge is 2.27. The summed E-state index contributed by atoms with van der Waals surface area (Å²) >= 11 is 0. The first-order chi connectivity index (χ1) is 21.7. The van der Waals surface area contributed by atoms with Gasteiger partial charge in [0.2, 0.25) is 15.9 Å². The maximum absolute atomic E-state index is 13.5. The first kappa shape index (κ1) is 38.1. The molecule has 0 aromatic heterocycles. The first-order valence-corrected chi connectivity index (χ1v) is 17.8. The number of anilines is 1. The number of amides is 1. The van der Waals surface area contributed by atoms with Gasteiger partial charge < -0.3 is 19.5 Å². The van der Waals surface area contributed by atoms with Crippen molar-refractivity contribution in [3.05, 3.63) is 42.0 Å². The van der Waals surface area contributed by atoms with Crippen LogP contribution in [-0.2, 0) is 14.8 Å². The fraction of sp³-hybridized carbons (Fsp3) is 0.600. The predicted octanol–water partition coefficient (Wildman–Crippen LogP) is 8.03. The van der Waals surface area contributed by atoms with E-state index >= 15 is 0 Å². The number of carbonyl (C=O) groups is 2. The highest BCUT2D eigenvalue weighted by Crippen LogP contribution is 2.37. The molecule has 0 unspecified atom stereocenters. The van der Waals surface area contributed by atoms with E-state index < -0.39 is 22.4 Å². The Hall–Kier alpha value is -3.11. The molecule has 0 bridgehead atoms. The van der Waals surface area contributed by atoms with E-state index in [0.29, 0.717) is 17.9 Å². The number of benzene rings is 2. The van der Waals surface area contributed by atoms with Gasteiger partial charge in [-0.2, -0.15) is 0 Å². The number of methoxy groups -OCH3 is 3. The van der Waals surface area contributed by atoms with Crippen LogP contribution in [0.25, 0.3) is 0 Å². The van der Waals surface area contributed by atoms with E-state index in [1.54, 1.807) is 31.3 Å². The summed E-state index contributed by atoms with van der Waals surface area (Å²) in [4.78, 5) is 25.2. The number of nitrogens with zero attached hydrogens (tertiary/aromatic N) is 1. The van der Waals surface area contributed by atoms with E-state index in [9.17, 15) is 18.0 Å². The molecule has 0 heterocycles. The Morgan fingerprint density at radius 2 is 1.22 bits per heavy atom. The van der Waals surface area contributed by atoms with Crippen LogP contribution in [0.1, 0.15) is 114 Å². The summed E-state index contributed by atoms with van der Waals surface area (Å²) in [6.07, 6.45) is 16.9. The lowest BCUT2D eigenvalue weighted by Crippen LogP contribution is -2.28. The predicted molar refractivity (Wildman–Crippen MR) is 180 cm³/mol. The molecule has 1 N–H and O–H groups in total. The normalized spacial score (nSPS) is 11.4. The molecule has 0 saturated carbocycles. The molecule has 0 radical (unpaired) electrons. The fourth-order valence-electron chi connectivity index (χ4n) is 5.21. The zero-order chi connectivity index (χ0) is 33.1. The molecule has 0 aliphatic heterocycles. The van der Waals surface area contributed by atoms with Gasteiger partial charge in [0.05, 0.1) is 33.4 Å². The molecule has 0 aliphatic rings. The number of unbranched alkanes of at least 4 members (excludes halogenated alkanes) is 13. The average molecular weight is 647 g/mol. The van der Waals surface area contributed by atoms with Crippen LogP contribution in [0.5, 0.6) is 17.2 Å². The van der Waals surface area contributed by atoms with Gasteiger partial charge in [-0.15, -0.1) is 0 Å². The van der Waals surface area contributed by atoms with Gasteiger partial charge in [-0.25, -0.2) is 12.7 Å². The summed E-state index contributed by atoms with van der Waals surface area (Å²) in [7, 11) is 1.95. The Labute approximate surface area is 271 Å². The fourth-order valence-corrected chi connectivity index (χ4v) is 6.56. The average Bonchev–Trinajstić information content (AvgIpc) is 3.04. The lowest BCUT2D eigenvalue weighted by molar-refractivity contribution is -0.115. The summed E-state index contributed by atoms with van der Waals surface area (Å²) in [5, 5.41) is 2.65. The lowest BCUT2D eigenvalue weighted by atomic mass is 10.0. The zero-order valence-electron chi connectivity index (χ0n) is 28.0. The maximum Gasteiger partial charge on any atom is 0.246 e. The third kappa shape index (κ3) is 13.0. The molecule has 2 rings (SSSR count). The monoisotopic (exact) mass is 646 g/mol. The Balaban J connectivity index is 1.85. The second-order valence-electron chi connectivity index (χ2n) is 11.5. The van der Waals surface area contributed by atoms with E-state index in [-0.39, 0.29) is 27.9 Å². The van der Waals surface area contributed by atoms with Crippen LogP contribution in [-0.4, -0.2) is 59.3 Å². The SMILES string of the molecule is CCCCCCCCCCCCCCCCN(C)S(=O)(=O)c1cc(OC)c(NC(=O)CC(=O)c2ccc(OC)cc2)cc1OC. The van der Waals surface area contributed by atoms with Gasteiger partial charge in [-0.3, -0.25) is 9.59 Å². The summed E-state index contributed by atoms with van der Waals surface area (Å²) < 4.78 is 44.2. The van der Waals surface area contributed by atoms with Gasteiger partial charge >= 0.3 is 0 Å². The molecule has 252 valence electrons. The molecule has 9 nitrogen and oxygen atoms in total. The molecule has 0 atom stereocenters. The van der Waals surface area contributed by atoms with Crippen molar-refractivity contribution in [3.8, 4) is 17.2 Å². The largest absolute Gasteiger partial charge is 0.497 e. The molecule has 10 heteroatoms. The van der Waals surface area contributed by atoms with Crippen molar-refractivity contribution in [1.29, 1.82) is 0 Å². The first-order valence-electron chi connectivity index (χ1n) is 16.4. The van der Waals surface area contributed by atoms with Crippen LogP contribution in [0.4, 0.5) is 5.69 Å². The molecular formula is C35H54N2O7S. The standard InChI is InChI=1S/C35H54N2O7S/c1-6-7-8-9-10-11-12-13-14-15-16-17-18-19-24-37(2)45(40,41)34-27-32(43-4)30(25-33(34)44-5)36-35(39)26-31(38)28-20-22-29(42-3)23-21-28/h20-23,25,27H,6-19,24,26H2,1-5H3,(H,36,39). The quantitative estimate of drug-likeness (QED) is 0.0698. The number of carbonyl (C=O) groups excluding carboxylic acids is 2. The van der Waals surface area contributed by atoms with Crippen molar-refractivity contribution in [3.63, 3.8) is 0 Å². The van der Waals surface area contributed by atoms with Crippen molar-refractivity contribution in [1.82, 2.24) is 4.31 Å². The minimum Gasteiger partial charge on any atom is -0.497 e. The van der Waals surface area contributed by atoms with Crippen LogP contribution in [0.3, 0.4) is 0 Å². The number of hydrogen-bond acceptors (Lipinski definition) is 7. The zero-order valence-corrected chi connectivity index (χ0v) is 28.8. The van der Waals surface area contributed by atoms with Crippen molar-refractivity contribution in [2.75, 3.05) is 40.2 Å². The van der Waals surface area contributed by atoms with E-state index in [2.05, 4.69) is 12.2 Å². The summed E-state index contributed by atoms with van der Waals surface area (Å²) in [5.41, 5.74) is 0.578. The molecule has 0 aliphatic carbocycles. The maximum atomic E-state index is 13.5. The van der Waals surface area contributed by atoms with Crippen LogP contribution < -0.4 is 19.5 Å². The van der Waals surface area contributed by atoms with Gasteiger partial charge in [0, 0.05) is 31.3 Å². The van der Waals surface area contributed by atoms with Crippen LogP contribution in [0.15, 0.2) is 41.3 Å². The number of rotatable bonds is 24. The van der Waals surface area contributed by atoms with E-state index in [4.69, 9.17) is 14.2 Å². The summed E-state index contributed by atoms with van der Waals surface area (Å²) in [6, 6.07) is 9.22.